The van der Waals surface area contributed by atoms with Crippen molar-refractivity contribution >= 4 is 17.5 Å². The summed E-state index contributed by atoms with van der Waals surface area (Å²) in [4.78, 5) is 27.2. The summed E-state index contributed by atoms with van der Waals surface area (Å²) in [6.45, 7) is 12.6. The number of fused-ring (bicyclic) bond motifs is 1. The molecule has 0 aromatic carbocycles. The number of nitrogens with zero attached hydrogens (tertiary/aromatic N) is 3. The lowest BCUT2D eigenvalue weighted by Crippen LogP contribution is -2.48. The van der Waals surface area contributed by atoms with E-state index in [9.17, 15) is 9.59 Å². The third-order valence-electron chi connectivity index (χ3n) is 5.13. The van der Waals surface area contributed by atoms with Gasteiger partial charge in [0.15, 0.2) is 0 Å². The molecule has 2 aromatic heterocycles. The fraction of sp³-hybridized carbons (Fsp3) is 0.591. The van der Waals surface area contributed by atoms with Crippen LogP contribution in [-0.4, -0.2) is 58.4 Å². The molecule has 2 aromatic rings. The molecular formula is C22H32N4O4. The molecule has 1 aliphatic rings. The zero-order valence-corrected chi connectivity index (χ0v) is 18.7. The zero-order chi connectivity index (χ0) is 22.1. The predicted octanol–water partition coefficient (Wildman–Crippen LogP) is 2.88. The van der Waals surface area contributed by atoms with E-state index in [4.69, 9.17) is 9.47 Å². The molecule has 30 heavy (non-hydrogen) atoms. The topological polar surface area (TPSA) is 85.2 Å². The predicted molar refractivity (Wildman–Crippen MR) is 113 cm³/mol. The maximum Gasteiger partial charge on any atom is 0.410 e. The highest BCUT2D eigenvalue weighted by Gasteiger charge is 2.34. The second-order valence-corrected chi connectivity index (χ2v) is 9.33. The number of nitrogens with one attached hydrogen (secondary N) is 1. The number of aromatic nitrogens is 2. The standard InChI is InChI=1S/C22H32N4O4/c1-15-8-7-9-18-17(12-23-26(15)18)22(5,6)24-19(27)16-13-25(10-11-29-14-16)20(28)30-21(2,3)4/h7-9,12,16H,10-11,13-14H2,1-6H3,(H,24,27). The molecule has 164 valence electrons. The van der Waals surface area contributed by atoms with Crippen LogP contribution in [-0.2, 0) is 19.8 Å². The van der Waals surface area contributed by atoms with Crippen molar-refractivity contribution in [3.8, 4) is 0 Å². The Balaban J connectivity index is 1.74. The molecular weight excluding hydrogens is 384 g/mol. The lowest BCUT2D eigenvalue weighted by molar-refractivity contribution is -0.128. The van der Waals surface area contributed by atoms with Gasteiger partial charge >= 0.3 is 6.09 Å². The maximum absolute atomic E-state index is 13.1. The number of amides is 2. The van der Waals surface area contributed by atoms with Crippen LogP contribution >= 0.6 is 0 Å². The van der Waals surface area contributed by atoms with E-state index in [-0.39, 0.29) is 19.1 Å². The fourth-order valence-electron chi connectivity index (χ4n) is 3.57. The first kappa shape index (κ1) is 22.1. The summed E-state index contributed by atoms with van der Waals surface area (Å²) in [5.74, 6) is -0.648. The molecule has 0 bridgehead atoms. The lowest BCUT2D eigenvalue weighted by Gasteiger charge is -2.30. The van der Waals surface area contributed by atoms with Crippen molar-refractivity contribution in [2.75, 3.05) is 26.3 Å². The van der Waals surface area contributed by atoms with Crippen molar-refractivity contribution in [3.63, 3.8) is 0 Å². The summed E-state index contributed by atoms with van der Waals surface area (Å²) in [6.07, 6.45) is 1.36. The summed E-state index contributed by atoms with van der Waals surface area (Å²) in [7, 11) is 0. The number of ether oxygens (including phenoxy) is 2. The quantitative estimate of drug-likeness (QED) is 0.832. The molecule has 3 rings (SSSR count). The van der Waals surface area contributed by atoms with Crippen LogP contribution in [0.1, 0.15) is 45.9 Å². The minimum absolute atomic E-state index is 0.164. The Morgan fingerprint density at radius 3 is 2.67 bits per heavy atom. The number of pyridine rings is 1. The van der Waals surface area contributed by atoms with Gasteiger partial charge in [0.25, 0.3) is 0 Å². The molecule has 3 heterocycles. The van der Waals surface area contributed by atoms with E-state index < -0.39 is 23.2 Å². The van der Waals surface area contributed by atoms with Gasteiger partial charge in [-0.15, -0.1) is 0 Å². The van der Waals surface area contributed by atoms with Crippen molar-refractivity contribution in [1.82, 2.24) is 19.8 Å². The van der Waals surface area contributed by atoms with E-state index in [0.29, 0.717) is 13.2 Å². The Kier molecular flexibility index (Phi) is 6.08. The van der Waals surface area contributed by atoms with Crippen molar-refractivity contribution in [3.05, 3.63) is 35.7 Å². The van der Waals surface area contributed by atoms with Crippen LogP contribution in [0.2, 0.25) is 0 Å². The molecule has 1 N–H and O–H groups in total. The van der Waals surface area contributed by atoms with Crippen molar-refractivity contribution in [2.24, 2.45) is 5.92 Å². The molecule has 1 saturated heterocycles. The van der Waals surface area contributed by atoms with Crippen LogP contribution in [0.15, 0.2) is 24.4 Å². The minimum Gasteiger partial charge on any atom is -0.444 e. The maximum atomic E-state index is 13.1. The normalized spacial score (nSPS) is 18.2. The first-order valence-electron chi connectivity index (χ1n) is 10.3. The van der Waals surface area contributed by atoms with Crippen molar-refractivity contribution < 1.29 is 19.1 Å². The van der Waals surface area contributed by atoms with E-state index >= 15 is 0 Å². The van der Waals surface area contributed by atoms with E-state index in [0.717, 1.165) is 16.8 Å². The fourth-order valence-corrected chi connectivity index (χ4v) is 3.57. The van der Waals surface area contributed by atoms with Gasteiger partial charge in [-0.2, -0.15) is 5.10 Å². The van der Waals surface area contributed by atoms with Crippen LogP contribution in [0.25, 0.3) is 5.52 Å². The molecule has 0 saturated carbocycles. The SMILES string of the molecule is Cc1cccc2c(C(C)(C)NC(=O)C3COCCN(C(=O)OC(C)(C)C)C3)cnn12. The highest BCUT2D eigenvalue weighted by molar-refractivity contribution is 5.81. The molecule has 8 heteroatoms. The number of hydrogen-bond acceptors (Lipinski definition) is 5. The second-order valence-electron chi connectivity index (χ2n) is 9.33. The molecule has 2 amide bonds. The highest BCUT2D eigenvalue weighted by atomic mass is 16.6. The largest absolute Gasteiger partial charge is 0.444 e. The summed E-state index contributed by atoms with van der Waals surface area (Å²) in [5, 5.41) is 7.58. The summed E-state index contributed by atoms with van der Waals surface area (Å²) < 4.78 is 12.9. The number of aryl methyl sites for hydroxylation is 1. The first-order chi connectivity index (χ1) is 14.0. The van der Waals surface area contributed by atoms with Crippen LogP contribution in [0, 0.1) is 12.8 Å². The average molecular weight is 417 g/mol. The van der Waals surface area contributed by atoms with Crippen molar-refractivity contribution in [1.29, 1.82) is 0 Å². The number of carbonyl (C=O) groups is 2. The molecule has 8 nitrogen and oxygen atoms in total. The highest BCUT2D eigenvalue weighted by Crippen LogP contribution is 2.26. The van der Waals surface area contributed by atoms with E-state index in [2.05, 4.69) is 10.4 Å². The van der Waals surface area contributed by atoms with E-state index in [1.54, 1.807) is 11.1 Å². The van der Waals surface area contributed by atoms with Gasteiger partial charge in [0.1, 0.15) is 5.60 Å². The Hall–Kier alpha value is -2.61. The van der Waals surface area contributed by atoms with Crippen LogP contribution in [0.4, 0.5) is 4.79 Å². The van der Waals surface area contributed by atoms with Crippen molar-refractivity contribution in [2.45, 2.75) is 52.7 Å². The van der Waals surface area contributed by atoms with Crippen LogP contribution in [0.3, 0.4) is 0 Å². The Bertz CT molecular complexity index is 929. The molecule has 1 aliphatic heterocycles. The molecule has 1 fully saturated rings. The molecule has 1 atom stereocenters. The van der Waals surface area contributed by atoms with Gasteiger partial charge in [0.2, 0.25) is 5.91 Å². The number of carbonyl (C=O) groups excluding carboxylic acids is 2. The lowest BCUT2D eigenvalue weighted by atomic mass is 9.94. The molecule has 0 spiro atoms. The monoisotopic (exact) mass is 416 g/mol. The average Bonchev–Trinajstić information content (AvgIpc) is 2.92. The summed E-state index contributed by atoms with van der Waals surface area (Å²) in [5.41, 5.74) is 1.67. The molecule has 0 aliphatic carbocycles. The summed E-state index contributed by atoms with van der Waals surface area (Å²) in [6, 6.07) is 5.96. The summed E-state index contributed by atoms with van der Waals surface area (Å²) >= 11 is 0. The van der Waals surface area contributed by atoms with E-state index in [1.807, 2.05) is 64.3 Å². The second kappa shape index (κ2) is 8.26. The van der Waals surface area contributed by atoms with Gasteiger partial charge < -0.3 is 19.7 Å². The molecule has 1 unspecified atom stereocenters. The third-order valence-corrected chi connectivity index (χ3v) is 5.13. The Morgan fingerprint density at radius 1 is 1.23 bits per heavy atom. The molecule has 0 radical (unpaired) electrons. The smallest absolute Gasteiger partial charge is 0.410 e. The van der Waals surface area contributed by atoms with Gasteiger partial charge in [0.05, 0.1) is 36.4 Å². The van der Waals surface area contributed by atoms with Gasteiger partial charge in [-0.1, -0.05) is 6.07 Å². The van der Waals surface area contributed by atoms with Gasteiger partial charge in [-0.05, 0) is 53.7 Å². The third kappa shape index (κ3) is 4.92. The van der Waals surface area contributed by atoms with E-state index in [1.165, 1.54) is 0 Å². The minimum atomic E-state index is -0.643. The zero-order valence-electron chi connectivity index (χ0n) is 18.7. The number of rotatable bonds is 3. The van der Waals surface area contributed by atoms with Gasteiger partial charge in [0, 0.05) is 24.3 Å². The van der Waals surface area contributed by atoms with Crippen LogP contribution in [0.5, 0.6) is 0 Å². The van der Waals surface area contributed by atoms with Gasteiger partial charge in [-0.25, -0.2) is 9.31 Å². The van der Waals surface area contributed by atoms with Gasteiger partial charge in [-0.3, -0.25) is 4.79 Å². The Morgan fingerprint density at radius 2 is 1.97 bits per heavy atom. The van der Waals surface area contributed by atoms with Crippen LogP contribution < -0.4 is 5.32 Å². The number of hydrogen-bond donors (Lipinski definition) is 1. The Labute approximate surface area is 177 Å². The first-order valence-corrected chi connectivity index (χ1v) is 10.3.